The highest BCUT2D eigenvalue weighted by atomic mass is 16.4. The molecule has 7 nitrogen and oxygen atoms in total. The lowest BCUT2D eigenvalue weighted by Crippen LogP contribution is -2.36. The zero-order valence-electron chi connectivity index (χ0n) is 11.4. The summed E-state index contributed by atoms with van der Waals surface area (Å²) in [5.41, 5.74) is 1.08. The number of aromatic nitrogens is 3. The van der Waals surface area contributed by atoms with Gasteiger partial charge in [0.25, 0.3) is 5.91 Å². The largest absolute Gasteiger partial charge is 0.480 e. The van der Waals surface area contributed by atoms with Crippen LogP contribution in [0, 0.1) is 6.92 Å². The number of aliphatic carboxylic acids is 1. The maximum atomic E-state index is 12.4. The van der Waals surface area contributed by atoms with Gasteiger partial charge in [-0.3, -0.25) is 14.0 Å². The van der Waals surface area contributed by atoms with Crippen molar-refractivity contribution in [2.75, 3.05) is 13.1 Å². The second-order valence-corrected chi connectivity index (χ2v) is 4.51. The second-order valence-electron chi connectivity index (χ2n) is 4.51. The van der Waals surface area contributed by atoms with Gasteiger partial charge >= 0.3 is 5.97 Å². The molecule has 0 fully saturated rings. The van der Waals surface area contributed by atoms with Gasteiger partial charge in [0.15, 0.2) is 5.65 Å². The third-order valence-electron chi connectivity index (χ3n) is 2.93. The highest BCUT2D eigenvalue weighted by Crippen LogP contribution is 2.09. The lowest BCUT2D eigenvalue weighted by atomic mass is 10.2. The molecule has 2 rings (SSSR count). The Kier molecular flexibility index (Phi) is 3.97. The molecule has 0 spiro atoms. The van der Waals surface area contributed by atoms with E-state index in [9.17, 15) is 9.59 Å². The van der Waals surface area contributed by atoms with E-state index in [0.29, 0.717) is 30.0 Å². The number of carbonyl (C=O) groups excluding carboxylic acids is 1. The molecule has 1 N–H and O–H groups in total. The number of pyridine rings is 1. The van der Waals surface area contributed by atoms with Gasteiger partial charge in [0.05, 0.1) is 5.56 Å². The summed E-state index contributed by atoms with van der Waals surface area (Å²) < 4.78 is 1.71. The maximum absolute atomic E-state index is 12.4. The molecule has 2 aromatic heterocycles. The molecule has 0 saturated heterocycles. The van der Waals surface area contributed by atoms with Crippen molar-refractivity contribution in [2.24, 2.45) is 0 Å². The Morgan fingerprint density at radius 3 is 2.75 bits per heavy atom. The molecule has 0 unspecified atom stereocenters. The summed E-state index contributed by atoms with van der Waals surface area (Å²) >= 11 is 0. The Morgan fingerprint density at radius 2 is 2.10 bits per heavy atom. The maximum Gasteiger partial charge on any atom is 0.323 e. The first-order valence-electron chi connectivity index (χ1n) is 6.35. The van der Waals surface area contributed by atoms with Gasteiger partial charge in [0.1, 0.15) is 12.4 Å². The SMILES string of the molecule is CCCN(CC(=O)O)C(=O)c1ccc2nnc(C)n2c1. The summed E-state index contributed by atoms with van der Waals surface area (Å²) in [4.78, 5) is 24.5. The first kappa shape index (κ1) is 14.0. The van der Waals surface area contributed by atoms with Crippen LogP contribution in [0.5, 0.6) is 0 Å². The molecule has 0 aliphatic heterocycles. The van der Waals surface area contributed by atoms with Crippen molar-refractivity contribution in [1.29, 1.82) is 0 Å². The fraction of sp³-hybridized carbons (Fsp3) is 0.385. The topological polar surface area (TPSA) is 87.8 Å². The minimum absolute atomic E-state index is 0.300. The van der Waals surface area contributed by atoms with E-state index in [1.54, 1.807) is 29.7 Å². The van der Waals surface area contributed by atoms with Crippen molar-refractivity contribution in [1.82, 2.24) is 19.5 Å². The summed E-state index contributed by atoms with van der Waals surface area (Å²) in [6, 6.07) is 3.33. The Balaban J connectivity index is 2.32. The Morgan fingerprint density at radius 1 is 1.35 bits per heavy atom. The average molecular weight is 276 g/mol. The van der Waals surface area contributed by atoms with E-state index in [2.05, 4.69) is 10.2 Å². The number of aryl methyl sites for hydroxylation is 1. The van der Waals surface area contributed by atoms with Gasteiger partial charge in [0, 0.05) is 12.7 Å². The fourth-order valence-corrected chi connectivity index (χ4v) is 2.00. The zero-order valence-corrected chi connectivity index (χ0v) is 11.4. The van der Waals surface area contributed by atoms with E-state index in [4.69, 9.17) is 5.11 Å². The van der Waals surface area contributed by atoms with E-state index in [0.717, 1.165) is 0 Å². The number of carbonyl (C=O) groups is 2. The lowest BCUT2D eigenvalue weighted by Gasteiger charge is -2.19. The molecule has 0 bridgehead atoms. The van der Waals surface area contributed by atoms with Gasteiger partial charge in [-0.25, -0.2) is 0 Å². The predicted molar refractivity (Wildman–Crippen MR) is 71.6 cm³/mol. The first-order valence-corrected chi connectivity index (χ1v) is 6.35. The van der Waals surface area contributed by atoms with E-state index < -0.39 is 5.97 Å². The number of carboxylic acid groups (broad SMARTS) is 1. The Labute approximate surface area is 115 Å². The Bertz CT molecular complexity index is 650. The number of hydrogen-bond donors (Lipinski definition) is 1. The summed E-state index contributed by atoms with van der Waals surface area (Å²) in [6.45, 7) is 3.79. The molecule has 7 heteroatoms. The summed E-state index contributed by atoms with van der Waals surface area (Å²) in [5.74, 6) is -0.646. The molecule has 0 saturated carbocycles. The third-order valence-corrected chi connectivity index (χ3v) is 2.93. The molecule has 2 heterocycles. The highest BCUT2D eigenvalue weighted by molar-refractivity contribution is 5.95. The van der Waals surface area contributed by atoms with Crippen LogP contribution < -0.4 is 0 Å². The van der Waals surface area contributed by atoms with Crippen LogP contribution >= 0.6 is 0 Å². The minimum atomic E-state index is -1.02. The van der Waals surface area contributed by atoms with Crippen LogP contribution in [0.15, 0.2) is 18.3 Å². The molecule has 0 atom stereocenters. The van der Waals surface area contributed by atoms with Crippen molar-refractivity contribution in [2.45, 2.75) is 20.3 Å². The predicted octanol–water partition coefficient (Wildman–Crippen LogP) is 0.975. The van der Waals surface area contributed by atoms with Crippen LogP contribution in [0.4, 0.5) is 0 Å². The van der Waals surface area contributed by atoms with E-state index in [1.807, 2.05) is 6.92 Å². The molecule has 0 aromatic carbocycles. The van der Waals surface area contributed by atoms with Crippen LogP contribution in [-0.4, -0.2) is 49.6 Å². The average Bonchev–Trinajstić information content (AvgIpc) is 2.78. The molecule has 1 amide bonds. The van der Waals surface area contributed by atoms with Gasteiger partial charge in [-0.2, -0.15) is 0 Å². The fourth-order valence-electron chi connectivity index (χ4n) is 2.00. The van der Waals surface area contributed by atoms with Gasteiger partial charge in [-0.05, 0) is 25.5 Å². The van der Waals surface area contributed by atoms with Crippen LogP contribution in [0.3, 0.4) is 0 Å². The standard InChI is InChI=1S/C13H16N4O3/c1-3-6-16(8-12(18)19)13(20)10-4-5-11-15-14-9(2)17(11)7-10/h4-5,7H,3,6,8H2,1-2H3,(H,18,19). The monoisotopic (exact) mass is 276 g/mol. The molecule has 2 aromatic rings. The molecule has 20 heavy (non-hydrogen) atoms. The van der Waals surface area contributed by atoms with Gasteiger partial charge < -0.3 is 10.0 Å². The smallest absolute Gasteiger partial charge is 0.323 e. The first-order chi connectivity index (χ1) is 9.52. The van der Waals surface area contributed by atoms with E-state index in [1.165, 1.54) is 4.90 Å². The summed E-state index contributed by atoms with van der Waals surface area (Å²) in [7, 11) is 0. The van der Waals surface area contributed by atoms with Crippen LogP contribution in [0.25, 0.3) is 5.65 Å². The third kappa shape index (κ3) is 2.76. The van der Waals surface area contributed by atoms with E-state index in [-0.39, 0.29) is 12.5 Å². The number of amides is 1. The molecular weight excluding hydrogens is 260 g/mol. The number of carboxylic acids is 1. The summed E-state index contributed by atoms with van der Waals surface area (Å²) in [6.07, 6.45) is 2.34. The molecule has 0 radical (unpaired) electrons. The minimum Gasteiger partial charge on any atom is -0.480 e. The molecule has 0 aliphatic rings. The number of nitrogens with zero attached hydrogens (tertiary/aromatic N) is 4. The molecule has 106 valence electrons. The molecular formula is C13H16N4O3. The van der Waals surface area contributed by atoms with Crippen molar-refractivity contribution in [3.63, 3.8) is 0 Å². The van der Waals surface area contributed by atoms with Crippen LogP contribution in [0.1, 0.15) is 29.5 Å². The Hall–Kier alpha value is -2.44. The quantitative estimate of drug-likeness (QED) is 0.879. The number of hydrogen-bond acceptors (Lipinski definition) is 4. The van der Waals surface area contributed by atoms with Crippen molar-refractivity contribution in [3.05, 3.63) is 29.7 Å². The van der Waals surface area contributed by atoms with Crippen molar-refractivity contribution < 1.29 is 14.7 Å². The zero-order chi connectivity index (χ0) is 14.7. The second kappa shape index (κ2) is 5.68. The van der Waals surface area contributed by atoms with Gasteiger partial charge in [0.2, 0.25) is 0 Å². The van der Waals surface area contributed by atoms with Crippen LogP contribution in [0.2, 0.25) is 0 Å². The van der Waals surface area contributed by atoms with Gasteiger partial charge in [-0.1, -0.05) is 6.92 Å². The number of rotatable bonds is 5. The van der Waals surface area contributed by atoms with Crippen LogP contribution in [-0.2, 0) is 4.79 Å². The lowest BCUT2D eigenvalue weighted by molar-refractivity contribution is -0.137. The molecule has 0 aliphatic carbocycles. The van der Waals surface area contributed by atoms with Gasteiger partial charge in [-0.15, -0.1) is 10.2 Å². The van der Waals surface area contributed by atoms with E-state index >= 15 is 0 Å². The highest BCUT2D eigenvalue weighted by Gasteiger charge is 2.18. The van der Waals surface area contributed by atoms with Crippen molar-refractivity contribution in [3.8, 4) is 0 Å². The summed E-state index contributed by atoms with van der Waals surface area (Å²) in [5, 5.41) is 16.7. The normalized spacial score (nSPS) is 10.7. The number of fused-ring (bicyclic) bond motifs is 1. The van der Waals surface area contributed by atoms with Crippen molar-refractivity contribution >= 4 is 17.5 Å².